The molecular weight excluding hydrogens is 620 g/mol. The lowest BCUT2D eigenvalue weighted by Crippen LogP contribution is -2.33. The van der Waals surface area contributed by atoms with E-state index in [1.54, 1.807) is 19.1 Å². The van der Waals surface area contributed by atoms with E-state index >= 15 is 0 Å². The van der Waals surface area contributed by atoms with Crippen LogP contribution < -0.4 is 15.1 Å². The molecule has 6 rings (SSSR count). The first-order valence-corrected chi connectivity index (χ1v) is 15.5. The lowest BCUT2D eigenvalue weighted by molar-refractivity contribution is -0.384. The maximum Gasteiger partial charge on any atom is 0.338 e. The molecule has 3 atom stereocenters. The number of hydrogen-bond donors (Lipinski definition) is 1. The maximum absolute atomic E-state index is 13.9. The Morgan fingerprint density at radius 1 is 0.956 bits per heavy atom. The second-order valence-corrected chi connectivity index (χ2v) is 12.3. The van der Waals surface area contributed by atoms with Crippen LogP contribution in [0.4, 0.5) is 17.1 Å². The minimum atomic E-state index is -0.899. The van der Waals surface area contributed by atoms with Crippen molar-refractivity contribution < 1.29 is 28.8 Å². The minimum Gasteiger partial charge on any atom is -0.462 e. The van der Waals surface area contributed by atoms with Gasteiger partial charge in [0.1, 0.15) is 11.8 Å². The molecule has 1 N–H and O–H groups in total. The zero-order chi connectivity index (χ0) is 31.8. The Bertz CT molecular complexity index is 1890. The monoisotopic (exact) mass is 644 g/mol. The molecule has 3 amide bonds. The van der Waals surface area contributed by atoms with Crippen LogP contribution in [0.15, 0.2) is 88.7 Å². The van der Waals surface area contributed by atoms with Crippen molar-refractivity contribution in [2.75, 3.05) is 16.8 Å². The van der Waals surface area contributed by atoms with Crippen molar-refractivity contribution in [3.63, 3.8) is 0 Å². The molecule has 3 aromatic carbocycles. The van der Waals surface area contributed by atoms with Crippen molar-refractivity contribution in [2.24, 2.45) is 5.92 Å². The van der Waals surface area contributed by atoms with Gasteiger partial charge in [-0.1, -0.05) is 53.4 Å². The predicted octanol–water partition coefficient (Wildman–Crippen LogP) is 4.43. The number of nitrogens with one attached hydrogen (secondary N) is 1. The van der Waals surface area contributed by atoms with Crippen molar-refractivity contribution >= 4 is 63.9 Å². The number of hydrogen-bond acceptors (Lipinski definition) is 10. The molecule has 0 unspecified atom stereocenters. The van der Waals surface area contributed by atoms with Gasteiger partial charge in [0, 0.05) is 28.6 Å². The number of nitro benzene ring substituents is 1. The van der Waals surface area contributed by atoms with Crippen molar-refractivity contribution in [1.82, 2.24) is 4.57 Å². The Kier molecular flexibility index (Phi) is 8.08. The topological polar surface area (TPSA) is 158 Å². The first kappa shape index (κ1) is 30.0. The summed E-state index contributed by atoms with van der Waals surface area (Å²) in [4.78, 5) is 77.9. The zero-order valence-electron chi connectivity index (χ0n) is 23.6. The standard InChI is InChI=1S/C31H24N4O8S2/c1-2-43-30(39)18-8-10-19(11-9-18)32-22(36)16-33-29-26(45-31(33)40)23(17-6-4-3-5-7-17)24-25(44-29)28(38)34(27(24)37)20-12-14-21(15-13-20)35(41)42/h3-15,23-25H,2,16H2,1H3,(H,32,36)/t23-,24-,25+/m0/s1. The fourth-order valence-electron chi connectivity index (χ4n) is 5.50. The van der Waals surface area contributed by atoms with Crippen molar-refractivity contribution in [1.29, 1.82) is 0 Å². The van der Waals surface area contributed by atoms with E-state index in [1.807, 2.05) is 30.3 Å². The Balaban J connectivity index is 1.31. The van der Waals surface area contributed by atoms with Crippen LogP contribution in [-0.4, -0.2) is 45.0 Å². The first-order chi connectivity index (χ1) is 21.7. The number of imide groups is 1. The van der Waals surface area contributed by atoms with Gasteiger partial charge in [0.05, 0.1) is 33.7 Å². The Labute approximate surface area is 263 Å². The Morgan fingerprint density at radius 3 is 2.29 bits per heavy atom. The molecule has 4 aromatic rings. The number of nitrogens with zero attached hydrogens (tertiary/aromatic N) is 3. The SMILES string of the molecule is CCOC(=O)c1ccc(NC(=O)Cn2c3c(sc2=O)[C@@H](c2ccccc2)[C@@H]2C(=O)N(c4ccc([N+](=O)[O-])cc4)C(=O)[C@@H]2S3)cc1. The average molecular weight is 645 g/mol. The number of carbonyl (C=O) groups is 4. The summed E-state index contributed by atoms with van der Waals surface area (Å²) < 4.78 is 6.29. The van der Waals surface area contributed by atoms with Gasteiger partial charge < -0.3 is 10.1 Å². The Hall–Kier alpha value is -5.08. The van der Waals surface area contributed by atoms with E-state index in [9.17, 15) is 34.1 Å². The summed E-state index contributed by atoms with van der Waals surface area (Å²) in [6, 6.07) is 20.4. The number of anilines is 2. The van der Waals surface area contributed by atoms with Crippen molar-refractivity contribution in [2.45, 2.75) is 29.7 Å². The number of fused-ring (bicyclic) bond motifs is 2. The molecule has 0 bridgehead atoms. The predicted molar refractivity (Wildman–Crippen MR) is 167 cm³/mol. The van der Waals surface area contributed by atoms with Crippen LogP contribution in [-0.2, 0) is 25.7 Å². The molecule has 14 heteroatoms. The highest BCUT2D eigenvalue weighted by Gasteiger charge is 2.56. The average Bonchev–Trinajstić information content (AvgIpc) is 3.48. The molecule has 1 aromatic heterocycles. The van der Waals surface area contributed by atoms with Crippen LogP contribution in [0.1, 0.15) is 33.6 Å². The second-order valence-electron chi connectivity index (χ2n) is 10.2. The number of rotatable bonds is 8. The van der Waals surface area contributed by atoms with E-state index in [-0.39, 0.29) is 24.5 Å². The summed E-state index contributed by atoms with van der Waals surface area (Å²) in [5.41, 5.74) is 1.52. The van der Waals surface area contributed by atoms with Crippen LogP contribution in [0.5, 0.6) is 0 Å². The van der Waals surface area contributed by atoms with Crippen LogP contribution in [0.3, 0.4) is 0 Å². The van der Waals surface area contributed by atoms with Gasteiger partial charge in [0.15, 0.2) is 0 Å². The first-order valence-electron chi connectivity index (χ1n) is 13.8. The second kappa shape index (κ2) is 12.1. The number of non-ortho nitro benzene ring substituents is 1. The van der Waals surface area contributed by atoms with Gasteiger partial charge in [0.25, 0.3) is 5.69 Å². The molecule has 1 fully saturated rings. The van der Waals surface area contributed by atoms with Gasteiger partial charge in [-0.15, -0.1) is 0 Å². The molecule has 228 valence electrons. The lowest BCUT2D eigenvalue weighted by Gasteiger charge is -2.30. The lowest BCUT2D eigenvalue weighted by atomic mass is 9.83. The molecular formula is C31H24N4O8S2. The number of ether oxygens (including phenoxy) is 1. The van der Waals surface area contributed by atoms with Gasteiger partial charge in [-0.2, -0.15) is 0 Å². The zero-order valence-corrected chi connectivity index (χ0v) is 25.2. The number of amides is 3. The maximum atomic E-state index is 13.9. The van der Waals surface area contributed by atoms with E-state index < -0.39 is 50.6 Å². The van der Waals surface area contributed by atoms with Gasteiger partial charge in [-0.05, 0) is 48.9 Å². The third kappa shape index (κ3) is 5.53. The molecule has 2 aliphatic rings. The van der Waals surface area contributed by atoms with Gasteiger partial charge >= 0.3 is 10.8 Å². The van der Waals surface area contributed by atoms with Crippen LogP contribution in [0, 0.1) is 16.0 Å². The fourth-order valence-corrected chi connectivity index (χ4v) is 8.27. The Morgan fingerprint density at radius 2 is 1.64 bits per heavy atom. The third-order valence-corrected chi connectivity index (χ3v) is 10.1. The van der Waals surface area contributed by atoms with Crippen LogP contribution in [0.25, 0.3) is 0 Å². The molecule has 3 heterocycles. The van der Waals surface area contributed by atoms with E-state index in [4.69, 9.17) is 4.74 Å². The smallest absolute Gasteiger partial charge is 0.338 e. The molecule has 0 radical (unpaired) electrons. The van der Waals surface area contributed by atoms with Crippen LogP contribution in [0.2, 0.25) is 0 Å². The highest BCUT2D eigenvalue weighted by Crippen LogP contribution is 2.53. The number of thioether (sulfide) groups is 1. The summed E-state index contributed by atoms with van der Waals surface area (Å²) in [6.07, 6.45) is 0. The van der Waals surface area contributed by atoms with E-state index in [0.29, 0.717) is 21.2 Å². The number of thiazole rings is 1. The highest BCUT2D eigenvalue weighted by atomic mass is 32.2. The molecule has 2 aliphatic heterocycles. The van der Waals surface area contributed by atoms with Crippen molar-refractivity contribution in [3.8, 4) is 0 Å². The number of esters is 1. The highest BCUT2D eigenvalue weighted by molar-refractivity contribution is 8.00. The van der Waals surface area contributed by atoms with Gasteiger partial charge in [0.2, 0.25) is 17.7 Å². The molecule has 0 spiro atoms. The molecule has 0 saturated carbocycles. The summed E-state index contributed by atoms with van der Waals surface area (Å²) >= 11 is 2.00. The summed E-state index contributed by atoms with van der Waals surface area (Å²) in [6.45, 7) is 1.59. The minimum absolute atomic E-state index is 0.175. The van der Waals surface area contributed by atoms with E-state index in [1.165, 1.54) is 41.0 Å². The van der Waals surface area contributed by atoms with Crippen molar-refractivity contribution in [3.05, 3.63) is 115 Å². The molecule has 1 saturated heterocycles. The van der Waals surface area contributed by atoms with Gasteiger partial charge in [-0.3, -0.25) is 33.9 Å². The normalized spacial score (nSPS) is 18.7. The van der Waals surface area contributed by atoms with E-state index in [2.05, 4.69) is 5.32 Å². The van der Waals surface area contributed by atoms with Crippen LogP contribution >= 0.6 is 23.1 Å². The van der Waals surface area contributed by atoms with Gasteiger partial charge in [-0.25, -0.2) is 9.69 Å². The summed E-state index contributed by atoms with van der Waals surface area (Å²) in [7, 11) is 0. The fraction of sp³-hybridized carbons (Fsp3) is 0.194. The summed E-state index contributed by atoms with van der Waals surface area (Å²) in [5.74, 6) is -3.44. The number of benzene rings is 3. The molecule has 0 aliphatic carbocycles. The number of aromatic nitrogens is 1. The van der Waals surface area contributed by atoms with E-state index in [0.717, 1.165) is 33.6 Å². The number of nitro groups is 1. The largest absolute Gasteiger partial charge is 0.462 e. The quantitative estimate of drug-likeness (QED) is 0.127. The third-order valence-electron chi connectivity index (χ3n) is 7.51. The molecule has 45 heavy (non-hydrogen) atoms. The summed E-state index contributed by atoms with van der Waals surface area (Å²) in [5, 5.41) is 13.4. The molecule has 12 nitrogen and oxygen atoms in total. The number of carbonyl (C=O) groups excluding carboxylic acids is 4.